The highest BCUT2D eigenvalue weighted by Crippen LogP contribution is 2.22. The van der Waals surface area contributed by atoms with Gasteiger partial charge in [0.1, 0.15) is 12.4 Å². The van der Waals surface area contributed by atoms with Gasteiger partial charge in [0.25, 0.3) is 0 Å². The first-order valence-corrected chi connectivity index (χ1v) is 8.41. The first kappa shape index (κ1) is 18.7. The molecule has 0 aromatic heterocycles. The second kappa shape index (κ2) is 8.49. The summed E-state index contributed by atoms with van der Waals surface area (Å²) in [5, 5.41) is 2.83. The second-order valence-electron chi connectivity index (χ2n) is 6.86. The molecule has 0 atom stereocenters. The van der Waals surface area contributed by atoms with Crippen molar-refractivity contribution in [3.63, 3.8) is 0 Å². The highest BCUT2D eigenvalue weighted by Gasteiger charge is 2.12. The summed E-state index contributed by atoms with van der Waals surface area (Å²) in [6.45, 7) is 7.43. The van der Waals surface area contributed by atoms with Crippen LogP contribution in [0.15, 0.2) is 54.6 Å². The smallest absolute Gasteiger partial charge is 0.248 e. The topological polar surface area (TPSA) is 64.3 Å². The van der Waals surface area contributed by atoms with E-state index in [2.05, 4.69) is 38.2 Å². The number of hydrogen-bond acceptors (Lipinski definition) is 3. The Morgan fingerprint density at radius 3 is 2.52 bits per heavy atom. The van der Waals surface area contributed by atoms with Gasteiger partial charge in [-0.05, 0) is 34.8 Å². The molecule has 0 fully saturated rings. The Bertz CT molecular complexity index is 728. The van der Waals surface area contributed by atoms with Crippen LogP contribution in [0.5, 0.6) is 5.75 Å². The number of benzene rings is 2. The zero-order chi connectivity index (χ0) is 18.3. The third kappa shape index (κ3) is 6.08. The van der Waals surface area contributed by atoms with Crippen LogP contribution in [0.25, 0.3) is 6.08 Å². The largest absolute Gasteiger partial charge is 0.492 e. The Balaban J connectivity index is 1.96. The van der Waals surface area contributed by atoms with Gasteiger partial charge in [0.05, 0.1) is 0 Å². The molecular weight excluding hydrogens is 312 g/mol. The van der Waals surface area contributed by atoms with Gasteiger partial charge in [-0.3, -0.25) is 4.79 Å². The first-order chi connectivity index (χ1) is 11.9. The molecule has 0 aliphatic rings. The lowest BCUT2D eigenvalue weighted by Crippen LogP contribution is -2.11. The van der Waals surface area contributed by atoms with Gasteiger partial charge in [0.15, 0.2) is 0 Å². The lowest BCUT2D eigenvalue weighted by Gasteiger charge is -2.18. The molecule has 2 rings (SSSR count). The van der Waals surface area contributed by atoms with Crippen molar-refractivity contribution in [1.82, 2.24) is 0 Å². The van der Waals surface area contributed by atoms with Crippen molar-refractivity contribution < 1.29 is 9.53 Å². The first-order valence-electron chi connectivity index (χ1n) is 8.41. The number of rotatable bonds is 6. The van der Waals surface area contributed by atoms with E-state index >= 15 is 0 Å². The van der Waals surface area contributed by atoms with Crippen LogP contribution < -0.4 is 15.8 Å². The average Bonchev–Trinajstić information content (AvgIpc) is 2.58. The maximum absolute atomic E-state index is 12.1. The number of amides is 1. The molecule has 4 nitrogen and oxygen atoms in total. The third-order valence-corrected chi connectivity index (χ3v) is 3.69. The Morgan fingerprint density at radius 2 is 1.88 bits per heavy atom. The molecule has 0 saturated carbocycles. The second-order valence-corrected chi connectivity index (χ2v) is 6.86. The number of nitrogens with one attached hydrogen (secondary N) is 1. The van der Waals surface area contributed by atoms with Crippen LogP contribution in [0.4, 0.5) is 5.69 Å². The zero-order valence-electron chi connectivity index (χ0n) is 15.1. The van der Waals surface area contributed by atoms with Crippen molar-refractivity contribution >= 4 is 17.7 Å². The number of ether oxygens (including phenoxy) is 1. The summed E-state index contributed by atoms with van der Waals surface area (Å²) in [5.74, 6) is 0.501. The van der Waals surface area contributed by atoms with E-state index in [4.69, 9.17) is 10.5 Å². The van der Waals surface area contributed by atoms with Gasteiger partial charge >= 0.3 is 0 Å². The van der Waals surface area contributed by atoms with E-state index in [-0.39, 0.29) is 11.3 Å². The van der Waals surface area contributed by atoms with E-state index in [1.807, 2.05) is 30.3 Å². The van der Waals surface area contributed by atoms with Gasteiger partial charge in [0, 0.05) is 24.4 Å². The number of anilines is 1. The molecule has 0 heterocycles. The molecule has 0 aliphatic carbocycles. The standard InChI is InChI=1S/C21H26N2O2/c1-21(2,3)17-10-7-16(8-11-17)9-12-20(24)23-18-5-4-6-19(15-18)25-14-13-22/h4-12,15H,13-14,22H2,1-3H3,(H,23,24). The van der Waals surface area contributed by atoms with E-state index in [1.165, 1.54) is 11.6 Å². The van der Waals surface area contributed by atoms with Crippen LogP contribution in [-0.2, 0) is 10.2 Å². The molecule has 0 unspecified atom stereocenters. The number of carbonyl (C=O) groups excluding carboxylic acids is 1. The number of nitrogens with two attached hydrogens (primary N) is 1. The van der Waals surface area contributed by atoms with Gasteiger partial charge in [-0.15, -0.1) is 0 Å². The van der Waals surface area contributed by atoms with Crippen molar-refractivity contribution in [2.45, 2.75) is 26.2 Å². The van der Waals surface area contributed by atoms with Crippen molar-refractivity contribution in [1.29, 1.82) is 0 Å². The SMILES string of the molecule is CC(C)(C)c1ccc(C=CC(=O)Nc2cccc(OCCN)c2)cc1. The summed E-state index contributed by atoms with van der Waals surface area (Å²) in [5.41, 5.74) is 8.48. The van der Waals surface area contributed by atoms with Crippen molar-refractivity contribution in [3.8, 4) is 5.75 Å². The lowest BCUT2D eigenvalue weighted by atomic mass is 9.87. The predicted octanol–water partition coefficient (Wildman–Crippen LogP) is 3.97. The van der Waals surface area contributed by atoms with E-state index < -0.39 is 0 Å². The van der Waals surface area contributed by atoms with Crippen LogP contribution >= 0.6 is 0 Å². The van der Waals surface area contributed by atoms with E-state index in [0.29, 0.717) is 24.6 Å². The molecule has 3 N–H and O–H groups in total. The Kier molecular flexibility index (Phi) is 6.37. The summed E-state index contributed by atoms with van der Waals surface area (Å²) < 4.78 is 5.45. The van der Waals surface area contributed by atoms with Crippen LogP contribution in [0, 0.1) is 0 Å². The molecule has 2 aromatic rings. The molecule has 0 bridgehead atoms. The van der Waals surface area contributed by atoms with Crippen LogP contribution in [0.2, 0.25) is 0 Å². The molecule has 132 valence electrons. The fourth-order valence-corrected chi connectivity index (χ4v) is 2.29. The number of carbonyl (C=O) groups is 1. The Hall–Kier alpha value is -2.59. The molecular formula is C21H26N2O2. The average molecular weight is 338 g/mol. The highest BCUT2D eigenvalue weighted by atomic mass is 16.5. The van der Waals surface area contributed by atoms with Crippen LogP contribution in [0.3, 0.4) is 0 Å². The summed E-state index contributed by atoms with van der Waals surface area (Å²) in [6.07, 6.45) is 3.33. The molecule has 25 heavy (non-hydrogen) atoms. The van der Waals surface area contributed by atoms with E-state index in [0.717, 1.165) is 5.56 Å². The fourth-order valence-electron chi connectivity index (χ4n) is 2.29. The molecule has 0 radical (unpaired) electrons. The lowest BCUT2D eigenvalue weighted by molar-refractivity contribution is -0.111. The van der Waals surface area contributed by atoms with Crippen molar-refractivity contribution in [2.75, 3.05) is 18.5 Å². The summed E-state index contributed by atoms with van der Waals surface area (Å²) >= 11 is 0. The summed E-state index contributed by atoms with van der Waals surface area (Å²) in [6, 6.07) is 15.5. The molecule has 4 heteroatoms. The van der Waals surface area contributed by atoms with E-state index in [9.17, 15) is 4.79 Å². The molecule has 1 amide bonds. The normalized spacial score (nSPS) is 11.5. The third-order valence-electron chi connectivity index (χ3n) is 3.69. The minimum Gasteiger partial charge on any atom is -0.492 e. The molecule has 0 saturated heterocycles. The minimum absolute atomic E-state index is 0.122. The minimum atomic E-state index is -0.184. The van der Waals surface area contributed by atoms with Crippen molar-refractivity contribution in [3.05, 3.63) is 65.7 Å². The van der Waals surface area contributed by atoms with Gasteiger partial charge < -0.3 is 15.8 Å². The zero-order valence-corrected chi connectivity index (χ0v) is 15.1. The maximum atomic E-state index is 12.1. The van der Waals surface area contributed by atoms with Gasteiger partial charge in [0.2, 0.25) is 5.91 Å². The summed E-state index contributed by atoms with van der Waals surface area (Å²) in [7, 11) is 0. The Morgan fingerprint density at radius 1 is 1.16 bits per heavy atom. The predicted molar refractivity (Wildman–Crippen MR) is 104 cm³/mol. The van der Waals surface area contributed by atoms with Crippen LogP contribution in [0.1, 0.15) is 31.9 Å². The molecule has 0 aliphatic heterocycles. The number of hydrogen-bond donors (Lipinski definition) is 2. The molecule has 2 aromatic carbocycles. The van der Waals surface area contributed by atoms with Crippen molar-refractivity contribution in [2.24, 2.45) is 5.73 Å². The fraction of sp³-hybridized carbons (Fsp3) is 0.286. The van der Waals surface area contributed by atoms with Gasteiger partial charge in [-0.1, -0.05) is 51.1 Å². The quantitative estimate of drug-likeness (QED) is 0.783. The van der Waals surface area contributed by atoms with Gasteiger partial charge in [-0.2, -0.15) is 0 Å². The van der Waals surface area contributed by atoms with Crippen LogP contribution in [-0.4, -0.2) is 19.1 Å². The Labute approximate surface area is 149 Å². The highest BCUT2D eigenvalue weighted by molar-refractivity contribution is 6.02. The monoisotopic (exact) mass is 338 g/mol. The summed E-state index contributed by atoms with van der Waals surface area (Å²) in [4.78, 5) is 12.1. The maximum Gasteiger partial charge on any atom is 0.248 e. The van der Waals surface area contributed by atoms with Gasteiger partial charge in [-0.25, -0.2) is 0 Å². The molecule has 0 spiro atoms. The van der Waals surface area contributed by atoms with E-state index in [1.54, 1.807) is 12.1 Å².